The summed E-state index contributed by atoms with van der Waals surface area (Å²) in [6.45, 7) is 0. The summed E-state index contributed by atoms with van der Waals surface area (Å²) < 4.78 is 27.0. The summed E-state index contributed by atoms with van der Waals surface area (Å²) in [5.74, 6) is -0.682. The third-order valence-electron chi connectivity index (χ3n) is 5.42. The molecule has 5 aromatic rings. The standard InChI is InChI=1S/C27H16ClF2NO/c28-20-7-1-18(2-8-20)24-15-26(32)27-23(17-5-11-22(30)12-6-17)13-19(14-25(27)31-24)16-3-9-21(29)10-4-16/h1-15H,(H,31,32). The number of aromatic nitrogens is 1. The number of pyridine rings is 1. The highest BCUT2D eigenvalue weighted by atomic mass is 35.5. The van der Waals surface area contributed by atoms with E-state index in [1.165, 1.54) is 24.3 Å². The molecule has 2 nitrogen and oxygen atoms in total. The zero-order valence-corrected chi connectivity index (χ0v) is 17.5. The average Bonchev–Trinajstić information content (AvgIpc) is 2.79. The lowest BCUT2D eigenvalue weighted by molar-refractivity contribution is 0.627. The maximum Gasteiger partial charge on any atom is 0.190 e. The quantitative estimate of drug-likeness (QED) is 0.308. The van der Waals surface area contributed by atoms with E-state index < -0.39 is 0 Å². The fourth-order valence-electron chi connectivity index (χ4n) is 3.84. The van der Waals surface area contributed by atoms with Gasteiger partial charge in [0.1, 0.15) is 11.6 Å². The van der Waals surface area contributed by atoms with Crippen molar-refractivity contribution in [3.05, 3.63) is 118 Å². The predicted octanol–water partition coefficient (Wildman–Crippen LogP) is 7.46. The van der Waals surface area contributed by atoms with Gasteiger partial charge < -0.3 is 4.98 Å². The van der Waals surface area contributed by atoms with E-state index in [1.807, 2.05) is 24.3 Å². The van der Waals surface area contributed by atoms with Gasteiger partial charge in [0.25, 0.3) is 0 Å². The Bertz CT molecular complexity index is 1480. The first-order valence-corrected chi connectivity index (χ1v) is 10.3. The van der Waals surface area contributed by atoms with Gasteiger partial charge in [-0.1, -0.05) is 48.0 Å². The molecule has 0 bridgehead atoms. The summed E-state index contributed by atoms with van der Waals surface area (Å²) in [6, 6.07) is 24.7. The molecule has 0 aliphatic heterocycles. The highest BCUT2D eigenvalue weighted by Gasteiger charge is 2.14. The van der Waals surface area contributed by atoms with E-state index >= 15 is 0 Å². The molecule has 1 heterocycles. The van der Waals surface area contributed by atoms with E-state index in [0.717, 1.165) is 16.7 Å². The van der Waals surface area contributed by atoms with Crippen LogP contribution in [0, 0.1) is 11.6 Å². The molecule has 1 N–H and O–H groups in total. The molecule has 0 spiro atoms. The summed E-state index contributed by atoms with van der Waals surface area (Å²) in [7, 11) is 0. The molecule has 4 aromatic carbocycles. The van der Waals surface area contributed by atoms with Gasteiger partial charge in [0.05, 0.1) is 10.9 Å². The third kappa shape index (κ3) is 3.81. The molecule has 0 aliphatic carbocycles. The van der Waals surface area contributed by atoms with Crippen LogP contribution in [0.5, 0.6) is 0 Å². The van der Waals surface area contributed by atoms with Crippen LogP contribution in [0.25, 0.3) is 44.4 Å². The number of H-pyrrole nitrogens is 1. The van der Waals surface area contributed by atoms with Crippen LogP contribution in [-0.2, 0) is 0 Å². The van der Waals surface area contributed by atoms with Crippen molar-refractivity contribution in [3.63, 3.8) is 0 Å². The van der Waals surface area contributed by atoms with E-state index in [4.69, 9.17) is 11.6 Å². The van der Waals surface area contributed by atoms with Crippen LogP contribution in [0.15, 0.2) is 95.8 Å². The Morgan fingerprint density at radius 3 is 1.81 bits per heavy atom. The number of fused-ring (bicyclic) bond motifs is 1. The fourth-order valence-corrected chi connectivity index (χ4v) is 3.97. The van der Waals surface area contributed by atoms with Gasteiger partial charge in [-0.2, -0.15) is 0 Å². The smallest absolute Gasteiger partial charge is 0.190 e. The number of benzene rings is 4. The maximum absolute atomic E-state index is 13.5. The maximum atomic E-state index is 13.5. The minimum absolute atomic E-state index is 0.159. The van der Waals surface area contributed by atoms with Gasteiger partial charge in [-0.3, -0.25) is 4.79 Å². The van der Waals surface area contributed by atoms with Crippen molar-refractivity contribution in [2.45, 2.75) is 0 Å². The number of hydrogen-bond acceptors (Lipinski definition) is 1. The van der Waals surface area contributed by atoms with Crippen LogP contribution >= 0.6 is 11.6 Å². The second-order valence-electron chi connectivity index (χ2n) is 7.51. The van der Waals surface area contributed by atoms with Crippen molar-refractivity contribution in [1.82, 2.24) is 4.98 Å². The Balaban J connectivity index is 1.80. The number of rotatable bonds is 3. The van der Waals surface area contributed by atoms with Gasteiger partial charge in [0, 0.05) is 16.8 Å². The van der Waals surface area contributed by atoms with E-state index in [2.05, 4.69) is 4.98 Å². The van der Waals surface area contributed by atoms with Crippen LogP contribution in [-0.4, -0.2) is 4.98 Å². The first-order chi connectivity index (χ1) is 15.5. The van der Waals surface area contributed by atoms with Gasteiger partial charge in [0.2, 0.25) is 0 Å². The Morgan fingerprint density at radius 2 is 1.19 bits per heavy atom. The van der Waals surface area contributed by atoms with E-state index in [0.29, 0.717) is 32.7 Å². The lowest BCUT2D eigenvalue weighted by atomic mass is 9.94. The predicted molar refractivity (Wildman–Crippen MR) is 126 cm³/mol. The lowest BCUT2D eigenvalue weighted by Crippen LogP contribution is -2.05. The molecule has 0 unspecified atom stereocenters. The van der Waals surface area contributed by atoms with E-state index in [-0.39, 0.29) is 17.1 Å². The highest BCUT2D eigenvalue weighted by Crippen LogP contribution is 2.33. The number of hydrogen-bond donors (Lipinski definition) is 1. The minimum atomic E-state index is -0.355. The molecule has 0 atom stereocenters. The summed E-state index contributed by atoms with van der Waals surface area (Å²) in [6.07, 6.45) is 0. The lowest BCUT2D eigenvalue weighted by Gasteiger charge is -2.13. The Labute approximate surface area is 187 Å². The zero-order valence-electron chi connectivity index (χ0n) is 16.7. The highest BCUT2D eigenvalue weighted by molar-refractivity contribution is 6.30. The zero-order chi connectivity index (χ0) is 22.2. The number of aromatic amines is 1. The summed E-state index contributed by atoms with van der Waals surface area (Å²) in [5, 5.41) is 1.11. The second-order valence-corrected chi connectivity index (χ2v) is 7.95. The number of nitrogens with one attached hydrogen (secondary N) is 1. The molecule has 5 heteroatoms. The van der Waals surface area contributed by atoms with Crippen LogP contribution in [0.3, 0.4) is 0 Å². The number of halogens is 3. The fraction of sp³-hybridized carbons (Fsp3) is 0. The molecular weight excluding hydrogens is 428 g/mol. The minimum Gasteiger partial charge on any atom is -0.354 e. The monoisotopic (exact) mass is 443 g/mol. The van der Waals surface area contributed by atoms with Crippen molar-refractivity contribution >= 4 is 22.5 Å². The van der Waals surface area contributed by atoms with Crippen molar-refractivity contribution in [2.24, 2.45) is 0 Å². The molecule has 32 heavy (non-hydrogen) atoms. The molecule has 0 fully saturated rings. The van der Waals surface area contributed by atoms with E-state index in [1.54, 1.807) is 42.5 Å². The normalized spacial score (nSPS) is 11.1. The molecule has 0 amide bonds. The molecule has 5 rings (SSSR count). The van der Waals surface area contributed by atoms with Gasteiger partial charge in [-0.15, -0.1) is 0 Å². The van der Waals surface area contributed by atoms with Crippen LogP contribution in [0.2, 0.25) is 5.02 Å². The van der Waals surface area contributed by atoms with Crippen molar-refractivity contribution in [3.8, 4) is 33.5 Å². The Morgan fingerprint density at radius 1 is 0.625 bits per heavy atom. The molecule has 1 aromatic heterocycles. The SMILES string of the molecule is O=c1cc(-c2ccc(Cl)cc2)[nH]c2cc(-c3ccc(F)cc3)cc(-c3ccc(F)cc3)c12. The second kappa shape index (κ2) is 8.06. The molecule has 0 aliphatic rings. The van der Waals surface area contributed by atoms with Crippen molar-refractivity contribution < 1.29 is 8.78 Å². The summed E-state index contributed by atoms with van der Waals surface area (Å²) >= 11 is 6.00. The molecule has 0 saturated heterocycles. The van der Waals surface area contributed by atoms with Crippen LogP contribution in [0.4, 0.5) is 8.78 Å². The molecular formula is C27H16ClF2NO. The average molecular weight is 444 g/mol. The van der Waals surface area contributed by atoms with Crippen molar-refractivity contribution in [2.75, 3.05) is 0 Å². The largest absolute Gasteiger partial charge is 0.354 e. The van der Waals surface area contributed by atoms with Crippen molar-refractivity contribution in [1.29, 1.82) is 0 Å². The topological polar surface area (TPSA) is 32.9 Å². The molecule has 0 radical (unpaired) electrons. The first-order valence-electron chi connectivity index (χ1n) is 9.97. The van der Waals surface area contributed by atoms with Gasteiger partial charge in [0.15, 0.2) is 5.43 Å². The van der Waals surface area contributed by atoms with Gasteiger partial charge >= 0.3 is 0 Å². The van der Waals surface area contributed by atoms with E-state index in [9.17, 15) is 13.6 Å². The van der Waals surface area contributed by atoms with Crippen LogP contribution < -0.4 is 5.43 Å². The summed E-state index contributed by atoms with van der Waals surface area (Å²) in [4.78, 5) is 16.6. The van der Waals surface area contributed by atoms with Gasteiger partial charge in [-0.05, 0) is 76.3 Å². The Kier molecular flexibility index (Phi) is 5.08. The molecule has 0 saturated carbocycles. The van der Waals surface area contributed by atoms with Gasteiger partial charge in [-0.25, -0.2) is 8.78 Å². The first kappa shape index (κ1) is 20.2. The molecule has 156 valence electrons. The Hall–Kier alpha value is -3.76. The van der Waals surface area contributed by atoms with Crippen LogP contribution in [0.1, 0.15) is 0 Å². The summed E-state index contributed by atoms with van der Waals surface area (Å²) in [5.41, 5.74) is 4.94. The third-order valence-corrected chi connectivity index (χ3v) is 5.67.